The maximum absolute atomic E-state index is 14.6. The molecule has 2 aromatic rings. The third-order valence-corrected chi connectivity index (χ3v) is 3.81. The van der Waals surface area contributed by atoms with Gasteiger partial charge in [0.25, 0.3) is 11.8 Å². The minimum absolute atomic E-state index is 0.183. The van der Waals surface area contributed by atoms with Gasteiger partial charge < -0.3 is 4.90 Å². The Labute approximate surface area is 174 Å². The van der Waals surface area contributed by atoms with Gasteiger partial charge in [-0.05, 0) is 24.3 Å². The van der Waals surface area contributed by atoms with Crippen molar-refractivity contribution >= 4 is 23.2 Å². The number of terminal acetylenes is 1. The van der Waals surface area contributed by atoms with Crippen LogP contribution in [0.2, 0.25) is 0 Å². The van der Waals surface area contributed by atoms with Crippen LogP contribution in [0.5, 0.6) is 0 Å². The van der Waals surface area contributed by atoms with Crippen LogP contribution >= 0.6 is 0 Å². The molecule has 4 nitrogen and oxygen atoms in total. The summed E-state index contributed by atoms with van der Waals surface area (Å²) in [5.41, 5.74) is 0.968. The van der Waals surface area contributed by atoms with Gasteiger partial charge in [-0.3, -0.25) is 14.5 Å². The maximum atomic E-state index is 14.6. The van der Waals surface area contributed by atoms with E-state index in [2.05, 4.69) is 24.3 Å². The smallest absolute Gasteiger partial charge is 0.292 e. The lowest BCUT2D eigenvalue weighted by molar-refractivity contribution is -0.127. The fraction of sp³-hybridized carbons (Fsp3) is 0.0833. The van der Waals surface area contributed by atoms with E-state index < -0.39 is 23.5 Å². The van der Waals surface area contributed by atoms with E-state index in [0.29, 0.717) is 11.4 Å². The maximum Gasteiger partial charge on any atom is 0.292 e. The van der Waals surface area contributed by atoms with Gasteiger partial charge in [0, 0.05) is 17.5 Å². The largest absolute Gasteiger partial charge is 0.314 e. The molecular formula is C24H18F2N2O2. The van der Waals surface area contributed by atoms with E-state index in [4.69, 9.17) is 6.42 Å². The highest BCUT2D eigenvalue weighted by atomic mass is 19.1. The van der Waals surface area contributed by atoms with E-state index in [1.807, 2.05) is 0 Å². The Morgan fingerprint density at radius 3 is 1.93 bits per heavy atom. The molecule has 0 aliphatic carbocycles. The number of benzene rings is 2. The number of anilines is 2. The molecule has 6 heteroatoms. The Balaban J connectivity index is 2.23. The first kappa shape index (κ1) is 22.1. The molecule has 2 amide bonds. The van der Waals surface area contributed by atoms with Gasteiger partial charge in [-0.25, -0.2) is 8.78 Å². The monoisotopic (exact) mass is 404 g/mol. The highest BCUT2D eigenvalue weighted by molar-refractivity contribution is 6.09. The molecular weight excluding hydrogens is 386 g/mol. The highest BCUT2D eigenvalue weighted by Gasteiger charge is 2.21. The SMILES string of the molecule is C#CCN(CC#C/C=C(\F)C(=O)N(c1ccccc1)c1ccccc1)C(=O)C(=C)F. The van der Waals surface area contributed by atoms with Gasteiger partial charge in [-0.1, -0.05) is 60.7 Å². The summed E-state index contributed by atoms with van der Waals surface area (Å²) in [5.74, 6) is 2.86. The van der Waals surface area contributed by atoms with Crippen LogP contribution in [0.4, 0.5) is 20.2 Å². The van der Waals surface area contributed by atoms with E-state index in [-0.39, 0.29) is 13.1 Å². The van der Waals surface area contributed by atoms with Gasteiger partial charge in [0.05, 0.1) is 13.1 Å². The molecule has 150 valence electrons. The average molecular weight is 404 g/mol. The van der Waals surface area contributed by atoms with Crippen LogP contribution in [0.25, 0.3) is 0 Å². The van der Waals surface area contributed by atoms with Crippen molar-refractivity contribution in [2.24, 2.45) is 0 Å². The van der Waals surface area contributed by atoms with Gasteiger partial charge in [0.2, 0.25) is 0 Å². The lowest BCUT2D eigenvalue weighted by Crippen LogP contribution is -2.31. The first-order chi connectivity index (χ1) is 14.5. The third-order valence-electron chi connectivity index (χ3n) is 3.81. The number of hydrogen-bond donors (Lipinski definition) is 0. The van der Waals surface area contributed by atoms with Crippen LogP contribution < -0.4 is 4.90 Å². The summed E-state index contributed by atoms with van der Waals surface area (Å²) in [4.78, 5) is 26.5. The molecule has 0 saturated heterocycles. The van der Waals surface area contributed by atoms with Gasteiger partial charge >= 0.3 is 0 Å². The van der Waals surface area contributed by atoms with Gasteiger partial charge in [0.1, 0.15) is 0 Å². The number of para-hydroxylation sites is 2. The lowest BCUT2D eigenvalue weighted by Gasteiger charge is -2.22. The fourth-order valence-electron chi connectivity index (χ4n) is 2.44. The summed E-state index contributed by atoms with van der Waals surface area (Å²) in [6, 6.07) is 17.2. The second-order valence-electron chi connectivity index (χ2n) is 5.90. The van der Waals surface area contributed by atoms with Crippen molar-refractivity contribution in [3.63, 3.8) is 0 Å². The van der Waals surface area contributed by atoms with Crippen LogP contribution in [-0.2, 0) is 9.59 Å². The summed E-state index contributed by atoms with van der Waals surface area (Å²) in [7, 11) is 0. The van der Waals surface area contributed by atoms with E-state index >= 15 is 0 Å². The van der Waals surface area contributed by atoms with Crippen LogP contribution in [0, 0.1) is 24.2 Å². The molecule has 0 fully saturated rings. The molecule has 0 atom stereocenters. The highest BCUT2D eigenvalue weighted by Crippen LogP contribution is 2.27. The van der Waals surface area contributed by atoms with E-state index in [1.54, 1.807) is 60.7 Å². The van der Waals surface area contributed by atoms with Crippen molar-refractivity contribution in [3.8, 4) is 24.2 Å². The first-order valence-corrected chi connectivity index (χ1v) is 8.81. The predicted octanol–water partition coefficient (Wildman–Crippen LogP) is 4.15. The zero-order chi connectivity index (χ0) is 21.9. The molecule has 0 bridgehead atoms. The molecule has 30 heavy (non-hydrogen) atoms. The number of carbonyl (C=O) groups excluding carboxylic acids is 2. The van der Waals surface area contributed by atoms with Crippen LogP contribution in [0.1, 0.15) is 0 Å². The molecule has 0 spiro atoms. The average Bonchev–Trinajstić information content (AvgIpc) is 2.76. The number of nitrogens with zero attached hydrogens (tertiary/aromatic N) is 2. The molecule has 0 aliphatic heterocycles. The van der Waals surface area contributed by atoms with E-state index in [1.165, 1.54) is 4.90 Å². The summed E-state index contributed by atoms with van der Waals surface area (Å²) in [6.45, 7) is 2.49. The molecule has 2 aromatic carbocycles. The number of carbonyl (C=O) groups is 2. The van der Waals surface area contributed by atoms with Crippen molar-refractivity contribution in [1.82, 2.24) is 4.90 Å². The second kappa shape index (κ2) is 11.0. The number of halogens is 2. The third kappa shape index (κ3) is 5.92. The molecule has 0 N–H and O–H groups in total. The van der Waals surface area contributed by atoms with Crippen LogP contribution in [0.3, 0.4) is 0 Å². The Morgan fingerprint density at radius 1 is 0.933 bits per heavy atom. The summed E-state index contributed by atoms with van der Waals surface area (Å²) >= 11 is 0. The Bertz CT molecular complexity index is 1010. The fourth-order valence-corrected chi connectivity index (χ4v) is 2.44. The zero-order valence-electron chi connectivity index (χ0n) is 16.0. The second-order valence-corrected chi connectivity index (χ2v) is 5.90. The summed E-state index contributed by atoms with van der Waals surface area (Å²) in [5, 5.41) is 0. The molecule has 0 radical (unpaired) electrons. The first-order valence-electron chi connectivity index (χ1n) is 8.81. The molecule has 0 aliphatic rings. The molecule has 0 heterocycles. The number of rotatable bonds is 6. The normalized spacial score (nSPS) is 10.2. The zero-order valence-corrected chi connectivity index (χ0v) is 16.0. The predicted molar refractivity (Wildman–Crippen MR) is 113 cm³/mol. The molecule has 0 unspecified atom stereocenters. The van der Waals surface area contributed by atoms with E-state index in [0.717, 1.165) is 11.0 Å². The van der Waals surface area contributed by atoms with Crippen molar-refractivity contribution in [2.75, 3.05) is 18.0 Å². The van der Waals surface area contributed by atoms with Gasteiger partial charge in [0.15, 0.2) is 11.7 Å². The molecule has 0 saturated carbocycles. The molecule has 2 rings (SSSR count). The van der Waals surface area contributed by atoms with Crippen LogP contribution in [0.15, 0.2) is 85.0 Å². The van der Waals surface area contributed by atoms with Gasteiger partial charge in [-0.15, -0.1) is 6.42 Å². The summed E-state index contributed by atoms with van der Waals surface area (Å²) < 4.78 is 27.6. The van der Waals surface area contributed by atoms with Crippen LogP contribution in [-0.4, -0.2) is 29.8 Å². The van der Waals surface area contributed by atoms with Crippen molar-refractivity contribution in [3.05, 3.63) is 85.0 Å². The van der Waals surface area contributed by atoms with Crippen molar-refractivity contribution < 1.29 is 18.4 Å². The standard InChI is InChI=1S/C24H18F2N2O2/c1-3-17-27(23(29)19(2)25)18-11-10-16-22(26)24(30)28(20-12-6-4-7-13-20)21-14-8-5-9-15-21/h1,4-9,12-16H,2,17-18H2/b22-16-. The van der Waals surface area contributed by atoms with E-state index in [9.17, 15) is 18.4 Å². The lowest BCUT2D eigenvalue weighted by atomic mass is 10.2. The van der Waals surface area contributed by atoms with Crippen molar-refractivity contribution in [1.29, 1.82) is 0 Å². The number of hydrogen-bond acceptors (Lipinski definition) is 2. The quantitative estimate of drug-likeness (QED) is 0.536. The number of amides is 2. The van der Waals surface area contributed by atoms with Crippen molar-refractivity contribution in [2.45, 2.75) is 0 Å². The minimum Gasteiger partial charge on any atom is -0.314 e. The Hall–Kier alpha value is -4.16. The Kier molecular flexibility index (Phi) is 8.11. The minimum atomic E-state index is -1.18. The molecule has 0 aromatic heterocycles. The summed E-state index contributed by atoms with van der Waals surface area (Å²) in [6.07, 6.45) is 5.93. The Morgan fingerprint density at radius 2 is 1.47 bits per heavy atom. The number of allylic oxidation sites excluding steroid dienone is 1. The van der Waals surface area contributed by atoms with Gasteiger partial charge in [-0.2, -0.15) is 0 Å². The topological polar surface area (TPSA) is 40.6 Å².